The van der Waals surface area contributed by atoms with Crippen molar-refractivity contribution in [2.24, 2.45) is 0 Å². The first kappa shape index (κ1) is 11.9. The van der Waals surface area contributed by atoms with Gasteiger partial charge in [0.05, 0.1) is 18.8 Å². The fourth-order valence-corrected chi connectivity index (χ4v) is 2.41. The maximum atomic E-state index is 6.02. The third-order valence-corrected chi connectivity index (χ3v) is 3.44. The molecular formula is C16H17NO2. The Kier molecular flexibility index (Phi) is 3.03. The smallest absolute Gasteiger partial charge is 0.150 e. The quantitative estimate of drug-likeness (QED) is 0.864. The number of para-hydroxylation sites is 1. The number of fused-ring (bicyclic) bond motifs is 2. The van der Waals surface area contributed by atoms with Gasteiger partial charge in [-0.15, -0.1) is 0 Å². The number of ether oxygens (including phenoxy) is 2. The summed E-state index contributed by atoms with van der Waals surface area (Å²) in [6.07, 6.45) is 0.997. The zero-order chi connectivity index (χ0) is 13.2. The molecule has 3 heteroatoms. The Labute approximate surface area is 113 Å². The molecule has 3 nitrogen and oxygen atoms in total. The summed E-state index contributed by atoms with van der Waals surface area (Å²) in [6.45, 7) is 2.17. The Morgan fingerprint density at radius 2 is 2.00 bits per heavy atom. The van der Waals surface area contributed by atoms with Gasteiger partial charge in [0.25, 0.3) is 0 Å². The number of hydrogen-bond acceptors (Lipinski definition) is 3. The first-order valence-corrected chi connectivity index (χ1v) is 6.53. The highest BCUT2D eigenvalue weighted by molar-refractivity contribution is 5.64. The minimum absolute atomic E-state index is 0.254. The molecule has 0 spiro atoms. The van der Waals surface area contributed by atoms with Gasteiger partial charge in [-0.3, -0.25) is 0 Å². The Hall–Kier alpha value is -2.16. The second-order valence-electron chi connectivity index (χ2n) is 4.61. The Morgan fingerprint density at radius 3 is 2.79 bits per heavy atom. The molecule has 1 N–H and O–H groups in total. The van der Waals surface area contributed by atoms with Gasteiger partial charge in [0.2, 0.25) is 0 Å². The van der Waals surface area contributed by atoms with Crippen LogP contribution < -0.4 is 14.8 Å². The van der Waals surface area contributed by atoms with E-state index in [1.807, 2.05) is 36.4 Å². The van der Waals surface area contributed by atoms with E-state index in [-0.39, 0.29) is 6.04 Å². The minimum atomic E-state index is 0.254. The van der Waals surface area contributed by atoms with Crippen LogP contribution in [-0.2, 0) is 0 Å². The van der Waals surface area contributed by atoms with Gasteiger partial charge in [0, 0.05) is 11.6 Å². The molecule has 0 aliphatic carbocycles. The lowest BCUT2D eigenvalue weighted by Gasteiger charge is -2.17. The van der Waals surface area contributed by atoms with E-state index in [1.165, 1.54) is 5.56 Å². The molecule has 0 saturated carbocycles. The molecule has 19 heavy (non-hydrogen) atoms. The molecule has 1 aliphatic heterocycles. The van der Waals surface area contributed by atoms with Crippen LogP contribution in [0, 0.1) is 0 Å². The highest BCUT2D eigenvalue weighted by Gasteiger charge is 2.21. The molecule has 0 radical (unpaired) electrons. The average Bonchev–Trinajstić information content (AvgIpc) is 2.62. The number of methoxy groups -OCH3 is 1. The molecule has 0 aromatic heterocycles. The zero-order valence-corrected chi connectivity index (χ0v) is 11.1. The van der Waals surface area contributed by atoms with E-state index >= 15 is 0 Å². The second kappa shape index (κ2) is 4.84. The Morgan fingerprint density at radius 1 is 1.16 bits per heavy atom. The lowest BCUT2D eigenvalue weighted by molar-refractivity contribution is 0.413. The van der Waals surface area contributed by atoms with Gasteiger partial charge >= 0.3 is 0 Å². The van der Waals surface area contributed by atoms with Crippen molar-refractivity contribution in [2.75, 3.05) is 12.4 Å². The van der Waals surface area contributed by atoms with E-state index in [0.717, 1.165) is 29.4 Å². The summed E-state index contributed by atoms with van der Waals surface area (Å²) in [6, 6.07) is 14.3. The van der Waals surface area contributed by atoms with Gasteiger partial charge in [-0.05, 0) is 24.6 Å². The molecule has 0 amide bonds. The molecule has 3 rings (SSSR count). The summed E-state index contributed by atoms with van der Waals surface area (Å²) >= 11 is 0. The van der Waals surface area contributed by atoms with Crippen LogP contribution in [0.3, 0.4) is 0 Å². The summed E-state index contributed by atoms with van der Waals surface area (Å²) in [5.74, 6) is 2.59. The van der Waals surface area contributed by atoms with Crippen LogP contribution in [0.1, 0.15) is 24.9 Å². The normalized spacial score (nSPS) is 16.4. The molecule has 1 aliphatic rings. The van der Waals surface area contributed by atoms with E-state index in [0.29, 0.717) is 0 Å². The van der Waals surface area contributed by atoms with Crippen LogP contribution in [0.2, 0.25) is 0 Å². The van der Waals surface area contributed by atoms with Gasteiger partial charge in [0.1, 0.15) is 11.5 Å². The molecule has 0 bridgehead atoms. The first-order valence-electron chi connectivity index (χ1n) is 6.53. The fraction of sp³-hybridized carbons (Fsp3) is 0.250. The largest absolute Gasteiger partial charge is 0.497 e. The molecule has 0 saturated heterocycles. The molecule has 1 atom stereocenters. The third kappa shape index (κ3) is 2.12. The minimum Gasteiger partial charge on any atom is -0.497 e. The first-order chi connectivity index (χ1) is 9.31. The van der Waals surface area contributed by atoms with Crippen molar-refractivity contribution < 1.29 is 9.47 Å². The summed E-state index contributed by atoms with van der Waals surface area (Å²) in [4.78, 5) is 0. The van der Waals surface area contributed by atoms with Gasteiger partial charge in [-0.2, -0.15) is 0 Å². The van der Waals surface area contributed by atoms with Crippen LogP contribution in [-0.4, -0.2) is 7.11 Å². The van der Waals surface area contributed by atoms with Crippen molar-refractivity contribution >= 4 is 5.69 Å². The van der Waals surface area contributed by atoms with E-state index in [1.54, 1.807) is 7.11 Å². The van der Waals surface area contributed by atoms with Gasteiger partial charge in [-0.25, -0.2) is 0 Å². The number of nitrogens with one attached hydrogen (secondary N) is 1. The maximum Gasteiger partial charge on any atom is 0.150 e. The van der Waals surface area contributed by atoms with Crippen LogP contribution in [0.4, 0.5) is 5.69 Å². The SMILES string of the molecule is CCC1Nc2cc(OC)ccc2Oc2ccccc21. The number of anilines is 1. The fourth-order valence-electron chi connectivity index (χ4n) is 2.41. The molecular weight excluding hydrogens is 238 g/mol. The standard InChI is InChI=1S/C16H17NO2/c1-3-13-12-6-4-5-7-15(12)19-16-9-8-11(18-2)10-14(16)17-13/h4-10,13,17H,3H2,1-2H3. The van der Waals surface area contributed by atoms with Crippen molar-refractivity contribution in [3.05, 3.63) is 48.0 Å². The topological polar surface area (TPSA) is 30.5 Å². The summed E-state index contributed by atoms with van der Waals surface area (Å²) in [5.41, 5.74) is 2.17. The highest BCUT2D eigenvalue weighted by atomic mass is 16.5. The Balaban J connectivity index is 2.09. The maximum absolute atomic E-state index is 6.02. The monoisotopic (exact) mass is 255 g/mol. The number of hydrogen-bond donors (Lipinski definition) is 1. The van der Waals surface area contributed by atoms with E-state index in [4.69, 9.17) is 9.47 Å². The van der Waals surface area contributed by atoms with Crippen molar-refractivity contribution in [3.8, 4) is 17.2 Å². The predicted octanol–water partition coefficient (Wildman–Crippen LogP) is 4.36. The van der Waals surface area contributed by atoms with E-state index in [9.17, 15) is 0 Å². The van der Waals surface area contributed by atoms with Gasteiger partial charge in [-0.1, -0.05) is 25.1 Å². The summed E-state index contributed by atoms with van der Waals surface area (Å²) in [5, 5.41) is 3.54. The van der Waals surface area contributed by atoms with Gasteiger partial charge in [0.15, 0.2) is 5.75 Å². The van der Waals surface area contributed by atoms with Crippen molar-refractivity contribution in [1.29, 1.82) is 0 Å². The Bertz CT molecular complexity index is 595. The summed E-state index contributed by atoms with van der Waals surface area (Å²) in [7, 11) is 1.67. The van der Waals surface area contributed by atoms with Crippen molar-refractivity contribution in [1.82, 2.24) is 0 Å². The highest BCUT2D eigenvalue weighted by Crippen LogP contribution is 2.42. The molecule has 98 valence electrons. The average molecular weight is 255 g/mol. The third-order valence-electron chi connectivity index (χ3n) is 3.44. The van der Waals surface area contributed by atoms with Crippen LogP contribution in [0.25, 0.3) is 0 Å². The summed E-state index contributed by atoms with van der Waals surface area (Å²) < 4.78 is 11.3. The van der Waals surface area contributed by atoms with Crippen LogP contribution >= 0.6 is 0 Å². The van der Waals surface area contributed by atoms with Crippen molar-refractivity contribution in [3.63, 3.8) is 0 Å². The van der Waals surface area contributed by atoms with Gasteiger partial charge < -0.3 is 14.8 Å². The molecule has 2 aromatic carbocycles. The molecule has 1 heterocycles. The van der Waals surface area contributed by atoms with E-state index < -0.39 is 0 Å². The van der Waals surface area contributed by atoms with Crippen LogP contribution in [0.15, 0.2) is 42.5 Å². The molecule has 2 aromatic rings. The zero-order valence-electron chi connectivity index (χ0n) is 11.1. The predicted molar refractivity (Wildman–Crippen MR) is 76.2 cm³/mol. The second-order valence-corrected chi connectivity index (χ2v) is 4.61. The molecule has 1 unspecified atom stereocenters. The number of benzene rings is 2. The number of rotatable bonds is 2. The van der Waals surface area contributed by atoms with Crippen LogP contribution in [0.5, 0.6) is 17.2 Å². The molecule has 0 fully saturated rings. The lowest BCUT2D eigenvalue weighted by atomic mass is 10.0. The van der Waals surface area contributed by atoms with E-state index in [2.05, 4.69) is 18.3 Å². The lowest BCUT2D eigenvalue weighted by Crippen LogP contribution is -2.08. The van der Waals surface area contributed by atoms with Crippen molar-refractivity contribution in [2.45, 2.75) is 19.4 Å².